The van der Waals surface area contributed by atoms with Crippen LogP contribution in [0.15, 0.2) is 30.3 Å². The number of rotatable bonds is 6. The zero-order valence-corrected chi connectivity index (χ0v) is 12.6. The highest BCUT2D eigenvalue weighted by Gasteiger charge is 2.07. The zero-order valence-electron chi connectivity index (χ0n) is 12.6. The lowest BCUT2D eigenvalue weighted by Gasteiger charge is -2.12. The van der Waals surface area contributed by atoms with Crippen LogP contribution in [-0.2, 0) is 13.2 Å². The van der Waals surface area contributed by atoms with Crippen molar-refractivity contribution in [1.82, 2.24) is 4.98 Å². The van der Waals surface area contributed by atoms with E-state index in [9.17, 15) is 0 Å². The van der Waals surface area contributed by atoms with E-state index in [2.05, 4.69) is 4.98 Å². The first-order valence-corrected chi connectivity index (χ1v) is 6.67. The van der Waals surface area contributed by atoms with E-state index in [4.69, 9.17) is 19.9 Å². The Morgan fingerprint density at radius 2 is 1.81 bits per heavy atom. The predicted octanol–water partition coefficient (Wildman–Crippen LogP) is 2.44. The van der Waals surface area contributed by atoms with Crippen molar-refractivity contribution in [3.05, 3.63) is 47.3 Å². The minimum Gasteiger partial charge on any atom is -0.497 e. The van der Waals surface area contributed by atoms with Crippen molar-refractivity contribution in [2.75, 3.05) is 14.2 Å². The molecular formula is C16H20N2O3. The fraction of sp³-hybridized carbons (Fsp3) is 0.312. The summed E-state index contributed by atoms with van der Waals surface area (Å²) in [5.74, 6) is 2.21. The van der Waals surface area contributed by atoms with E-state index in [1.54, 1.807) is 14.2 Å². The number of nitrogens with two attached hydrogens (primary N) is 1. The van der Waals surface area contributed by atoms with Gasteiger partial charge in [-0.25, -0.2) is 0 Å². The Bertz CT molecular complexity index is 614. The SMILES string of the molecule is COc1cc(C)nc(COc2cc(OC)ccc2CN)c1. The van der Waals surface area contributed by atoms with Crippen molar-refractivity contribution in [2.24, 2.45) is 5.73 Å². The largest absolute Gasteiger partial charge is 0.497 e. The van der Waals surface area contributed by atoms with Gasteiger partial charge in [-0.15, -0.1) is 0 Å². The van der Waals surface area contributed by atoms with Crippen LogP contribution in [0.2, 0.25) is 0 Å². The Kier molecular flexibility index (Phi) is 5.00. The van der Waals surface area contributed by atoms with E-state index in [-0.39, 0.29) is 0 Å². The summed E-state index contributed by atoms with van der Waals surface area (Å²) in [6, 6.07) is 9.33. The number of methoxy groups -OCH3 is 2. The molecule has 2 N–H and O–H groups in total. The van der Waals surface area contributed by atoms with Crippen LogP contribution in [0.25, 0.3) is 0 Å². The second-order valence-electron chi connectivity index (χ2n) is 4.61. The van der Waals surface area contributed by atoms with Crippen molar-refractivity contribution >= 4 is 0 Å². The Labute approximate surface area is 124 Å². The quantitative estimate of drug-likeness (QED) is 0.884. The molecular weight excluding hydrogens is 268 g/mol. The van der Waals surface area contributed by atoms with Crippen LogP contribution in [0.3, 0.4) is 0 Å². The second kappa shape index (κ2) is 6.95. The number of benzene rings is 1. The summed E-state index contributed by atoms with van der Waals surface area (Å²) in [5.41, 5.74) is 8.34. The summed E-state index contributed by atoms with van der Waals surface area (Å²) in [6.07, 6.45) is 0. The van der Waals surface area contributed by atoms with Crippen molar-refractivity contribution < 1.29 is 14.2 Å². The van der Waals surface area contributed by atoms with Crippen LogP contribution < -0.4 is 19.9 Å². The van der Waals surface area contributed by atoms with E-state index in [0.717, 1.165) is 28.5 Å². The van der Waals surface area contributed by atoms with Gasteiger partial charge >= 0.3 is 0 Å². The first-order chi connectivity index (χ1) is 10.2. The van der Waals surface area contributed by atoms with Gasteiger partial charge in [0.1, 0.15) is 23.9 Å². The lowest BCUT2D eigenvalue weighted by Crippen LogP contribution is -2.05. The lowest BCUT2D eigenvalue weighted by molar-refractivity contribution is 0.294. The molecule has 0 bridgehead atoms. The summed E-state index contributed by atoms with van der Waals surface area (Å²) in [7, 11) is 3.25. The maximum absolute atomic E-state index is 5.83. The molecule has 0 saturated carbocycles. The minimum atomic E-state index is 0.345. The molecule has 2 rings (SSSR count). The van der Waals surface area contributed by atoms with E-state index < -0.39 is 0 Å². The second-order valence-corrected chi connectivity index (χ2v) is 4.61. The molecule has 1 aromatic carbocycles. The zero-order chi connectivity index (χ0) is 15.2. The molecule has 0 atom stereocenters. The van der Waals surface area contributed by atoms with Gasteiger partial charge in [-0.05, 0) is 13.0 Å². The summed E-state index contributed by atoms with van der Waals surface area (Å²) >= 11 is 0. The molecule has 1 heterocycles. The number of aromatic nitrogens is 1. The van der Waals surface area contributed by atoms with Gasteiger partial charge < -0.3 is 19.9 Å². The van der Waals surface area contributed by atoms with Gasteiger partial charge in [0.15, 0.2) is 0 Å². The van der Waals surface area contributed by atoms with Crippen LogP contribution in [-0.4, -0.2) is 19.2 Å². The molecule has 21 heavy (non-hydrogen) atoms. The Morgan fingerprint density at radius 1 is 1.05 bits per heavy atom. The average Bonchev–Trinajstić information content (AvgIpc) is 2.51. The number of pyridine rings is 1. The minimum absolute atomic E-state index is 0.345. The molecule has 0 fully saturated rings. The molecule has 0 saturated heterocycles. The average molecular weight is 288 g/mol. The van der Waals surface area contributed by atoms with Crippen molar-refractivity contribution in [2.45, 2.75) is 20.1 Å². The van der Waals surface area contributed by atoms with Gasteiger partial charge in [0.05, 0.1) is 19.9 Å². The third-order valence-corrected chi connectivity index (χ3v) is 3.09. The summed E-state index contributed by atoms with van der Waals surface area (Å²) in [5, 5.41) is 0. The van der Waals surface area contributed by atoms with Gasteiger partial charge in [0.2, 0.25) is 0 Å². The van der Waals surface area contributed by atoms with E-state index >= 15 is 0 Å². The number of aryl methyl sites for hydroxylation is 1. The summed E-state index contributed by atoms with van der Waals surface area (Å²) in [4.78, 5) is 4.43. The van der Waals surface area contributed by atoms with E-state index in [1.165, 1.54) is 0 Å². The number of hydrogen-bond acceptors (Lipinski definition) is 5. The van der Waals surface area contributed by atoms with Gasteiger partial charge in [0.25, 0.3) is 0 Å². The molecule has 5 nitrogen and oxygen atoms in total. The van der Waals surface area contributed by atoms with Crippen LogP contribution in [0.4, 0.5) is 0 Å². The maximum atomic E-state index is 5.83. The smallest absolute Gasteiger partial charge is 0.130 e. The van der Waals surface area contributed by atoms with Gasteiger partial charge in [-0.3, -0.25) is 4.98 Å². The van der Waals surface area contributed by atoms with Crippen LogP contribution in [0.5, 0.6) is 17.2 Å². The molecule has 112 valence electrons. The highest BCUT2D eigenvalue weighted by molar-refractivity contribution is 5.40. The Morgan fingerprint density at radius 3 is 2.48 bits per heavy atom. The third-order valence-electron chi connectivity index (χ3n) is 3.09. The molecule has 0 aliphatic carbocycles. The lowest BCUT2D eigenvalue weighted by atomic mass is 10.2. The predicted molar refractivity (Wildman–Crippen MR) is 80.7 cm³/mol. The number of hydrogen-bond donors (Lipinski definition) is 1. The molecule has 5 heteroatoms. The molecule has 0 aliphatic heterocycles. The molecule has 0 unspecified atom stereocenters. The summed E-state index contributed by atoms with van der Waals surface area (Å²) in [6.45, 7) is 2.67. The van der Waals surface area contributed by atoms with Crippen LogP contribution in [0, 0.1) is 6.92 Å². The topological polar surface area (TPSA) is 66.6 Å². The molecule has 0 aliphatic rings. The van der Waals surface area contributed by atoms with Gasteiger partial charge in [-0.1, -0.05) is 6.07 Å². The number of nitrogens with zero attached hydrogens (tertiary/aromatic N) is 1. The third kappa shape index (κ3) is 3.86. The molecule has 1 aromatic heterocycles. The highest BCUT2D eigenvalue weighted by Crippen LogP contribution is 2.25. The molecule has 0 radical (unpaired) electrons. The van der Waals surface area contributed by atoms with Gasteiger partial charge in [0, 0.05) is 36.0 Å². The molecule has 2 aromatic rings. The fourth-order valence-electron chi connectivity index (χ4n) is 2.01. The van der Waals surface area contributed by atoms with Crippen molar-refractivity contribution in [3.63, 3.8) is 0 Å². The molecule has 0 spiro atoms. The van der Waals surface area contributed by atoms with Crippen LogP contribution >= 0.6 is 0 Å². The summed E-state index contributed by atoms with van der Waals surface area (Å²) < 4.78 is 16.3. The molecule has 0 amide bonds. The standard InChI is InChI=1S/C16H20N2O3/c1-11-6-15(20-3)7-13(18-11)10-21-16-8-14(19-2)5-4-12(16)9-17/h4-8H,9-10,17H2,1-3H3. The van der Waals surface area contributed by atoms with E-state index in [0.29, 0.717) is 18.9 Å². The highest BCUT2D eigenvalue weighted by atomic mass is 16.5. The maximum Gasteiger partial charge on any atom is 0.130 e. The van der Waals surface area contributed by atoms with Crippen LogP contribution in [0.1, 0.15) is 17.0 Å². The Hall–Kier alpha value is -2.27. The van der Waals surface area contributed by atoms with Crippen molar-refractivity contribution in [1.29, 1.82) is 0 Å². The normalized spacial score (nSPS) is 10.3. The van der Waals surface area contributed by atoms with Gasteiger partial charge in [-0.2, -0.15) is 0 Å². The van der Waals surface area contributed by atoms with E-state index in [1.807, 2.05) is 37.3 Å². The first kappa shape index (κ1) is 15.1. The number of ether oxygens (including phenoxy) is 3. The Balaban J connectivity index is 2.17. The first-order valence-electron chi connectivity index (χ1n) is 6.67. The van der Waals surface area contributed by atoms with Crippen molar-refractivity contribution in [3.8, 4) is 17.2 Å². The monoisotopic (exact) mass is 288 g/mol. The fourth-order valence-corrected chi connectivity index (χ4v) is 2.01.